The highest BCUT2D eigenvalue weighted by Gasteiger charge is 2.33. The smallest absolute Gasteiger partial charge is 0.129 e. The first kappa shape index (κ1) is 17.8. The van der Waals surface area contributed by atoms with Gasteiger partial charge in [-0.2, -0.15) is 0 Å². The van der Waals surface area contributed by atoms with Gasteiger partial charge in [0.25, 0.3) is 0 Å². The van der Waals surface area contributed by atoms with Crippen LogP contribution in [0.5, 0.6) is 0 Å². The third-order valence-electron chi connectivity index (χ3n) is 3.13. The van der Waals surface area contributed by atoms with Gasteiger partial charge in [-0.15, -0.1) is 0 Å². The molecule has 0 saturated carbocycles. The molecular weight excluding hydrogens is 238 g/mol. The Balaban J connectivity index is 4.29. The summed E-state index contributed by atoms with van der Waals surface area (Å²) in [5.41, 5.74) is -1.92. The first-order chi connectivity index (χ1) is 8.45. The summed E-state index contributed by atoms with van der Waals surface area (Å²) >= 11 is 0. The topological polar surface area (TPSA) is 18.5 Å². The van der Waals surface area contributed by atoms with Crippen LogP contribution in [0.4, 0.5) is 8.78 Å². The molecule has 0 amide bonds. The van der Waals surface area contributed by atoms with Crippen molar-refractivity contribution in [3.8, 4) is 0 Å². The Kier molecular flexibility index (Phi) is 8.70. The van der Waals surface area contributed by atoms with Gasteiger partial charge in [0.1, 0.15) is 24.6 Å². The number of unbranched alkanes of at least 4 members (excludes halogenated alkanes) is 2. The fraction of sp³-hybridized carbons (Fsp3) is 1.00. The van der Waals surface area contributed by atoms with Gasteiger partial charge < -0.3 is 0 Å². The molecule has 2 atom stereocenters. The lowest BCUT2D eigenvalue weighted by atomic mass is 10.0. The van der Waals surface area contributed by atoms with Gasteiger partial charge in [0.2, 0.25) is 0 Å². The van der Waals surface area contributed by atoms with Gasteiger partial charge in [0, 0.05) is 0 Å². The minimum absolute atomic E-state index is 0.580. The van der Waals surface area contributed by atoms with E-state index in [0.29, 0.717) is 12.8 Å². The van der Waals surface area contributed by atoms with Crippen LogP contribution in [0.25, 0.3) is 0 Å². The standard InChI is InChI=1S/C14H28F2O2/c1-5-7-9-13(3,11-15)17-18-14(4,12-16)10-8-6-2/h5-12H2,1-4H3. The molecule has 0 bridgehead atoms. The van der Waals surface area contributed by atoms with Crippen molar-refractivity contribution in [2.45, 2.75) is 77.4 Å². The molecule has 0 aliphatic heterocycles. The predicted octanol–water partition coefficient (Wildman–Crippen LogP) is 4.77. The zero-order valence-corrected chi connectivity index (χ0v) is 12.2. The van der Waals surface area contributed by atoms with Crippen LogP contribution in [0.15, 0.2) is 0 Å². The molecule has 0 spiro atoms. The largest absolute Gasteiger partial charge is 0.248 e. The fourth-order valence-electron chi connectivity index (χ4n) is 1.56. The minimum atomic E-state index is -0.960. The van der Waals surface area contributed by atoms with E-state index < -0.39 is 24.6 Å². The summed E-state index contributed by atoms with van der Waals surface area (Å²) in [5.74, 6) is 0. The predicted molar refractivity (Wildman–Crippen MR) is 70.0 cm³/mol. The Labute approximate surface area is 110 Å². The zero-order valence-electron chi connectivity index (χ0n) is 12.2. The summed E-state index contributed by atoms with van der Waals surface area (Å²) in [5, 5.41) is 0. The molecule has 4 heteroatoms. The number of alkyl halides is 2. The van der Waals surface area contributed by atoms with Gasteiger partial charge >= 0.3 is 0 Å². The number of hydrogen-bond donors (Lipinski definition) is 0. The van der Waals surface area contributed by atoms with E-state index in [1.54, 1.807) is 13.8 Å². The molecule has 110 valence electrons. The Bertz CT molecular complexity index is 192. The molecule has 0 N–H and O–H groups in total. The van der Waals surface area contributed by atoms with Crippen LogP contribution in [0.3, 0.4) is 0 Å². The van der Waals surface area contributed by atoms with Crippen molar-refractivity contribution < 1.29 is 18.6 Å². The second-order valence-corrected chi connectivity index (χ2v) is 5.54. The van der Waals surface area contributed by atoms with Gasteiger partial charge in [-0.3, -0.25) is 0 Å². The Morgan fingerprint density at radius 3 is 1.33 bits per heavy atom. The van der Waals surface area contributed by atoms with E-state index in [4.69, 9.17) is 9.78 Å². The highest BCUT2D eigenvalue weighted by molar-refractivity contribution is 4.75. The lowest BCUT2D eigenvalue weighted by molar-refractivity contribution is -0.413. The molecule has 0 aromatic carbocycles. The summed E-state index contributed by atoms with van der Waals surface area (Å²) in [6.45, 7) is 6.16. The van der Waals surface area contributed by atoms with E-state index in [0.717, 1.165) is 25.7 Å². The summed E-state index contributed by atoms with van der Waals surface area (Å²) in [6, 6.07) is 0. The second kappa shape index (κ2) is 8.81. The molecule has 0 aliphatic rings. The number of hydrogen-bond acceptors (Lipinski definition) is 2. The van der Waals surface area contributed by atoms with Crippen molar-refractivity contribution in [1.29, 1.82) is 0 Å². The monoisotopic (exact) mass is 266 g/mol. The van der Waals surface area contributed by atoms with E-state index >= 15 is 0 Å². The molecule has 0 aliphatic carbocycles. The molecule has 0 rings (SSSR count). The van der Waals surface area contributed by atoms with E-state index in [2.05, 4.69) is 0 Å². The Morgan fingerprint density at radius 1 is 0.778 bits per heavy atom. The number of rotatable bonds is 11. The van der Waals surface area contributed by atoms with Crippen LogP contribution in [0, 0.1) is 0 Å². The summed E-state index contributed by atoms with van der Waals surface area (Å²) in [7, 11) is 0. The quantitative estimate of drug-likeness (QED) is 0.396. The van der Waals surface area contributed by atoms with Gasteiger partial charge in [-0.25, -0.2) is 18.6 Å². The van der Waals surface area contributed by atoms with Gasteiger partial charge in [-0.05, 0) is 26.7 Å². The molecule has 0 aromatic rings. The normalized spacial score (nSPS) is 18.3. The maximum atomic E-state index is 13.0. The summed E-state index contributed by atoms with van der Waals surface area (Å²) < 4.78 is 26.0. The van der Waals surface area contributed by atoms with Crippen molar-refractivity contribution in [2.75, 3.05) is 13.3 Å². The average Bonchev–Trinajstić information content (AvgIpc) is 2.40. The van der Waals surface area contributed by atoms with Crippen LogP contribution in [-0.2, 0) is 9.78 Å². The third-order valence-corrected chi connectivity index (χ3v) is 3.13. The van der Waals surface area contributed by atoms with Crippen molar-refractivity contribution in [1.82, 2.24) is 0 Å². The third kappa shape index (κ3) is 6.64. The lowest BCUT2D eigenvalue weighted by Crippen LogP contribution is -2.39. The first-order valence-corrected chi connectivity index (χ1v) is 6.94. The van der Waals surface area contributed by atoms with Crippen molar-refractivity contribution in [3.05, 3.63) is 0 Å². The van der Waals surface area contributed by atoms with Gasteiger partial charge in [0.05, 0.1) is 0 Å². The second-order valence-electron chi connectivity index (χ2n) is 5.54. The van der Waals surface area contributed by atoms with Crippen LogP contribution in [0.1, 0.15) is 66.2 Å². The van der Waals surface area contributed by atoms with Crippen LogP contribution < -0.4 is 0 Å². The molecule has 0 radical (unpaired) electrons. The van der Waals surface area contributed by atoms with Gasteiger partial charge in [0.15, 0.2) is 0 Å². The van der Waals surface area contributed by atoms with Crippen LogP contribution >= 0.6 is 0 Å². The zero-order chi connectivity index (χ0) is 14.1. The van der Waals surface area contributed by atoms with E-state index in [1.807, 2.05) is 13.8 Å². The van der Waals surface area contributed by atoms with Crippen molar-refractivity contribution in [3.63, 3.8) is 0 Å². The average molecular weight is 266 g/mol. The van der Waals surface area contributed by atoms with Crippen molar-refractivity contribution in [2.24, 2.45) is 0 Å². The first-order valence-electron chi connectivity index (χ1n) is 6.94. The maximum absolute atomic E-state index is 13.0. The molecular formula is C14H28F2O2. The fourth-order valence-corrected chi connectivity index (χ4v) is 1.56. The minimum Gasteiger partial charge on any atom is -0.248 e. The van der Waals surface area contributed by atoms with Crippen LogP contribution in [-0.4, -0.2) is 24.6 Å². The Hall–Kier alpha value is -0.220. The van der Waals surface area contributed by atoms with E-state index in [9.17, 15) is 8.78 Å². The highest BCUT2D eigenvalue weighted by Crippen LogP contribution is 2.26. The van der Waals surface area contributed by atoms with Gasteiger partial charge in [-0.1, -0.05) is 39.5 Å². The SMILES string of the molecule is CCCCC(C)(CF)OOC(C)(CF)CCCC. The molecule has 0 saturated heterocycles. The molecule has 0 aromatic heterocycles. The highest BCUT2D eigenvalue weighted by atomic mass is 19.1. The maximum Gasteiger partial charge on any atom is 0.129 e. The summed E-state index contributed by atoms with van der Waals surface area (Å²) in [6.07, 6.45) is 4.83. The van der Waals surface area contributed by atoms with Crippen molar-refractivity contribution >= 4 is 0 Å². The Morgan fingerprint density at radius 2 is 1.11 bits per heavy atom. The van der Waals surface area contributed by atoms with E-state index in [1.165, 1.54) is 0 Å². The van der Waals surface area contributed by atoms with E-state index in [-0.39, 0.29) is 0 Å². The molecule has 0 heterocycles. The molecule has 0 fully saturated rings. The molecule has 2 unspecified atom stereocenters. The number of halogens is 2. The molecule has 18 heavy (non-hydrogen) atoms. The summed E-state index contributed by atoms with van der Waals surface area (Å²) in [4.78, 5) is 10.4. The van der Waals surface area contributed by atoms with Crippen LogP contribution in [0.2, 0.25) is 0 Å². The lowest BCUT2D eigenvalue weighted by Gasteiger charge is -2.32. The molecule has 2 nitrogen and oxygen atoms in total.